The predicted octanol–water partition coefficient (Wildman–Crippen LogP) is 0.748. The molecule has 2 aromatic rings. The van der Waals surface area contributed by atoms with Gasteiger partial charge < -0.3 is 10.2 Å². The third-order valence-corrected chi connectivity index (χ3v) is 1.98. The van der Waals surface area contributed by atoms with Crippen molar-refractivity contribution >= 4 is 17.0 Å². The standard InChI is InChI=1S/C10H8N2O3/c13-9(10(14)15)8-5-11-6-3-1-2-4-7(6)12-8/h1-5,9,13H,(H,14,15). The predicted molar refractivity (Wildman–Crippen MR) is 52.1 cm³/mol. The van der Waals surface area contributed by atoms with Crippen molar-refractivity contribution in [1.82, 2.24) is 9.97 Å². The zero-order chi connectivity index (χ0) is 10.8. The summed E-state index contributed by atoms with van der Waals surface area (Å²) in [5.74, 6) is -1.33. The summed E-state index contributed by atoms with van der Waals surface area (Å²) < 4.78 is 0. The van der Waals surface area contributed by atoms with E-state index in [9.17, 15) is 9.90 Å². The molecule has 1 unspecified atom stereocenters. The molecule has 2 N–H and O–H groups in total. The summed E-state index contributed by atoms with van der Waals surface area (Å²) in [6, 6.07) is 7.05. The second kappa shape index (κ2) is 3.62. The highest BCUT2D eigenvalue weighted by Gasteiger charge is 2.17. The van der Waals surface area contributed by atoms with Gasteiger partial charge >= 0.3 is 5.97 Å². The number of aliphatic hydroxyl groups excluding tert-OH is 1. The van der Waals surface area contributed by atoms with Crippen LogP contribution in [0.15, 0.2) is 30.5 Å². The number of nitrogens with zero attached hydrogens (tertiary/aromatic N) is 2. The maximum Gasteiger partial charge on any atom is 0.338 e. The maximum absolute atomic E-state index is 10.5. The Labute approximate surface area is 85.0 Å². The number of hydrogen-bond donors (Lipinski definition) is 2. The van der Waals surface area contributed by atoms with Gasteiger partial charge in [0.05, 0.1) is 22.9 Å². The van der Waals surface area contributed by atoms with Gasteiger partial charge in [0.1, 0.15) is 0 Å². The van der Waals surface area contributed by atoms with Gasteiger partial charge in [0.15, 0.2) is 6.10 Å². The van der Waals surface area contributed by atoms with E-state index in [2.05, 4.69) is 9.97 Å². The Kier molecular flexibility index (Phi) is 2.31. The van der Waals surface area contributed by atoms with Gasteiger partial charge in [0, 0.05) is 0 Å². The largest absolute Gasteiger partial charge is 0.479 e. The number of benzene rings is 1. The average molecular weight is 204 g/mol. The number of aromatic nitrogens is 2. The average Bonchev–Trinajstić information content (AvgIpc) is 2.27. The van der Waals surface area contributed by atoms with E-state index in [1.54, 1.807) is 18.2 Å². The molecule has 0 radical (unpaired) electrons. The monoisotopic (exact) mass is 204 g/mol. The van der Waals surface area contributed by atoms with Gasteiger partial charge in [-0.25, -0.2) is 9.78 Å². The van der Waals surface area contributed by atoms with E-state index >= 15 is 0 Å². The zero-order valence-electron chi connectivity index (χ0n) is 7.66. The summed E-state index contributed by atoms with van der Waals surface area (Å²) in [5.41, 5.74) is 1.27. The summed E-state index contributed by atoms with van der Waals surface area (Å²) in [6.45, 7) is 0. The van der Waals surface area contributed by atoms with Gasteiger partial charge in [0.25, 0.3) is 0 Å². The summed E-state index contributed by atoms with van der Waals surface area (Å²) in [4.78, 5) is 18.5. The van der Waals surface area contributed by atoms with Crippen LogP contribution < -0.4 is 0 Å². The highest BCUT2D eigenvalue weighted by Crippen LogP contribution is 2.13. The van der Waals surface area contributed by atoms with Crippen molar-refractivity contribution in [3.8, 4) is 0 Å². The maximum atomic E-state index is 10.5. The first-order valence-electron chi connectivity index (χ1n) is 4.31. The number of carboxylic acid groups (broad SMARTS) is 1. The van der Waals surface area contributed by atoms with E-state index in [-0.39, 0.29) is 5.69 Å². The molecule has 0 fully saturated rings. The molecule has 0 aliphatic rings. The number of rotatable bonds is 2. The number of aliphatic hydroxyl groups is 1. The fraction of sp³-hybridized carbons (Fsp3) is 0.100. The van der Waals surface area contributed by atoms with Gasteiger partial charge in [0.2, 0.25) is 0 Å². The topological polar surface area (TPSA) is 83.3 Å². The quantitative estimate of drug-likeness (QED) is 0.754. The van der Waals surface area contributed by atoms with Crippen LogP contribution in [0, 0.1) is 0 Å². The molecule has 0 aliphatic carbocycles. The second-order valence-electron chi connectivity index (χ2n) is 3.02. The van der Waals surface area contributed by atoms with E-state index < -0.39 is 12.1 Å². The third-order valence-electron chi connectivity index (χ3n) is 1.98. The number of para-hydroxylation sites is 2. The molecule has 0 saturated carbocycles. The molecule has 76 valence electrons. The smallest absolute Gasteiger partial charge is 0.338 e. The van der Waals surface area contributed by atoms with E-state index in [0.717, 1.165) is 0 Å². The Morgan fingerprint density at radius 2 is 1.93 bits per heavy atom. The molecule has 5 heteroatoms. The first-order valence-corrected chi connectivity index (χ1v) is 4.31. The molecule has 1 atom stereocenters. The molecule has 0 saturated heterocycles. The molecule has 1 heterocycles. The Morgan fingerprint density at radius 3 is 2.60 bits per heavy atom. The lowest BCUT2D eigenvalue weighted by molar-refractivity contribution is -0.147. The molecule has 0 bridgehead atoms. The molecule has 15 heavy (non-hydrogen) atoms. The molecule has 5 nitrogen and oxygen atoms in total. The number of fused-ring (bicyclic) bond motifs is 1. The van der Waals surface area contributed by atoms with Crippen LogP contribution >= 0.6 is 0 Å². The molecule has 1 aromatic heterocycles. The Bertz CT molecular complexity index is 513. The Hall–Kier alpha value is -2.01. The van der Waals surface area contributed by atoms with Crippen LogP contribution in [-0.2, 0) is 4.79 Å². The van der Waals surface area contributed by atoms with Crippen molar-refractivity contribution in [3.63, 3.8) is 0 Å². The van der Waals surface area contributed by atoms with Crippen LogP contribution in [0.2, 0.25) is 0 Å². The van der Waals surface area contributed by atoms with Crippen molar-refractivity contribution in [2.24, 2.45) is 0 Å². The molecule has 2 rings (SSSR count). The van der Waals surface area contributed by atoms with Crippen LogP contribution in [0.5, 0.6) is 0 Å². The number of carboxylic acids is 1. The highest BCUT2D eigenvalue weighted by molar-refractivity contribution is 5.76. The molecule has 0 aliphatic heterocycles. The fourth-order valence-corrected chi connectivity index (χ4v) is 1.23. The second-order valence-corrected chi connectivity index (χ2v) is 3.02. The van der Waals surface area contributed by atoms with E-state index in [4.69, 9.17) is 5.11 Å². The van der Waals surface area contributed by atoms with Crippen molar-refractivity contribution in [3.05, 3.63) is 36.2 Å². The number of hydrogen-bond acceptors (Lipinski definition) is 4. The fourth-order valence-electron chi connectivity index (χ4n) is 1.23. The number of carbonyl (C=O) groups is 1. The summed E-state index contributed by atoms with van der Waals surface area (Å²) in [7, 11) is 0. The van der Waals surface area contributed by atoms with Crippen LogP contribution in [0.25, 0.3) is 11.0 Å². The Morgan fingerprint density at radius 1 is 1.27 bits per heavy atom. The van der Waals surface area contributed by atoms with Crippen LogP contribution in [0.4, 0.5) is 0 Å². The summed E-state index contributed by atoms with van der Waals surface area (Å²) in [6.07, 6.45) is -0.358. The molecular weight excluding hydrogens is 196 g/mol. The first kappa shape index (κ1) is 9.54. The lowest BCUT2D eigenvalue weighted by Gasteiger charge is -2.04. The van der Waals surface area contributed by atoms with Gasteiger partial charge in [-0.3, -0.25) is 4.98 Å². The van der Waals surface area contributed by atoms with Crippen molar-refractivity contribution in [2.45, 2.75) is 6.10 Å². The van der Waals surface area contributed by atoms with Gasteiger partial charge in [-0.15, -0.1) is 0 Å². The first-order chi connectivity index (χ1) is 7.18. The van der Waals surface area contributed by atoms with E-state index in [0.29, 0.717) is 11.0 Å². The minimum absolute atomic E-state index is 0.0428. The van der Waals surface area contributed by atoms with Crippen LogP contribution in [0.3, 0.4) is 0 Å². The summed E-state index contributed by atoms with van der Waals surface area (Å²) >= 11 is 0. The highest BCUT2D eigenvalue weighted by atomic mass is 16.4. The van der Waals surface area contributed by atoms with Crippen molar-refractivity contribution < 1.29 is 15.0 Å². The lowest BCUT2D eigenvalue weighted by Crippen LogP contribution is -2.12. The van der Waals surface area contributed by atoms with Crippen LogP contribution in [0.1, 0.15) is 11.8 Å². The van der Waals surface area contributed by atoms with E-state index in [1.165, 1.54) is 6.20 Å². The normalized spacial score (nSPS) is 12.6. The summed E-state index contributed by atoms with van der Waals surface area (Å²) in [5, 5.41) is 17.8. The van der Waals surface area contributed by atoms with Crippen LogP contribution in [-0.4, -0.2) is 26.2 Å². The molecule has 1 aromatic carbocycles. The van der Waals surface area contributed by atoms with Crippen molar-refractivity contribution in [1.29, 1.82) is 0 Å². The number of aliphatic carboxylic acids is 1. The minimum Gasteiger partial charge on any atom is -0.479 e. The van der Waals surface area contributed by atoms with Gasteiger partial charge in [-0.2, -0.15) is 0 Å². The molecular formula is C10H8N2O3. The SMILES string of the molecule is O=C(O)C(O)c1cnc2ccccc2n1. The van der Waals surface area contributed by atoms with Gasteiger partial charge in [-0.1, -0.05) is 12.1 Å². The zero-order valence-corrected chi connectivity index (χ0v) is 7.66. The third kappa shape index (κ3) is 1.77. The van der Waals surface area contributed by atoms with Crippen molar-refractivity contribution in [2.75, 3.05) is 0 Å². The minimum atomic E-state index is -1.62. The lowest BCUT2D eigenvalue weighted by atomic mass is 10.2. The van der Waals surface area contributed by atoms with E-state index in [1.807, 2.05) is 6.07 Å². The molecule has 0 amide bonds. The molecule has 0 spiro atoms. The van der Waals surface area contributed by atoms with Gasteiger partial charge in [-0.05, 0) is 12.1 Å². The Balaban J connectivity index is 2.51.